The van der Waals surface area contributed by atoms with Crippen LogP contribution in [0.4, 0.5) is 4.39 Å². The van der Waals surface area contributed by atoms with E-state index in [2.05, 4.69) is 20.9 Å². The molecule has 0 bridgehead atoms. The van der Waals surface area contributed by atoms with E-state index in [1.54, 1.807) is 18.3 Å². The molecule has 0 spiro atoms. The first-order chi connectivity index (χ1) is 9.17. The van der Waals surface area contributed by atoms with Crippen molar-refractivity contribution in [3.63, 3.8) is 0 Å². The lowest BCUT2D eigenvalue weighted by Crippen LogP contribution is -2.13. The molecule has 1 aromatic carbocycles. The van der Waals surface area contributed by atoms with E-state index in [-0.39, 0.29) is 18.3 Å². The molecule has 2 aromatic rings. The molecule has 0 saturated carbocycles. The van der Waals surface area contributed by atoms with Crippen molar-refractivity contribution in [2.24, 2.45) is 5.92 Å². The van der Waals surface area contributed by atoms with Crippen molar-refractivity contribution in [3.8, 4) is 0 Å². The van der Waals surface area contributed by atoms with Crippen molar-refractivity contribution in [2.75, 3.05) is 6.61 Å². The highest BCUT2D eigenvalue weighted by molar-refractivity contribution is 9.10. The number of pyridine rings is 1. The van der Waals surface area contributed by atoms with E-state index in [0.717, 1.165) is 15.7 Å². The summed E-state index contributed by atoms with van der Waals surface area (Å²) >= 11 is 3.34. The molecule has 1 heterocycles. The molecule has 0 amide bonds. The van der Waals surface area contributed by atoms with Crippen LogP contribution >= 0.6 is 15.9 Å². The fraction of sp³-hybridized carbons (Fsp3) is 0.267. The van der Waals surface area contributed by atoms with Crippen molar-refractivity contribution in [1.82, 2.24) is 4.98 Å². The summed E-state index contributed by atoms with van der Waals surface area (Å²) in [5.41, 5.74) is 1.97. The van der Waals surface area contributed by atoms with E-state index in [1.165, 1.54) is 12.1 Å². The second-order valence-electron chi connectivity index (χ2n) is 4.55. The van der Waals surface area contributed by atoms with Gasteiger partial charge in [-0.05, 0) is 64.5 Å². The van der Waals surface area contributed by atoms with E-state index >= 15 is 0 Å². The predicted octanol–water partition coefficient (Wildman–Crippen LogP) is 3.38. The summed E-state index contributed by atoms with van der Waals surface area (Å²) in [7, 11) is 0. The zero-order valence-corrected chi connectivity index (χ0v) is 12.0. The van der Waals surface area contributed by atoms with Crippen molar-refractivity contribution >= 4 is 15.9 Å². The monoisotopic (exact) mass is 323 g/mol. The molecule has 0 radical (unpaired) electrons. The van der Waals surface area contributed by atoms with Gasteiger partial charge in [-0.25, -0.2) is 4.39 Å². The number of nitrogens with zero attached hydrogens (tertiary/aromatic N) is 1. The highest BCUT2D eigenvalue weighted by Crippen LogP contribution is 2.15. The summed E-state index contributed by atoms with van der Waals surface area (Å²) in [4.78, 5) is 4.30. The molecule has 0 fully saturated rings. The number of aliphatic hydroxyl groups is 1. The van der Waals surface area contributed by atoms with Gasteiger partial charge in [-0.15, -0.1) is 0 Å². The quantitative estimate of drug-likeness (QED) is 0.915. The summed E-state index contributed by atoms with van der Waals surface area (Å²) in [6.07, 6.45) is 3.18. The standard InChI is InChI=1S/C15H15BrFNO/c16-13-3-6-15(18-9-13)8-12(10-19)7-11-1-4-14(17)5-2-11/h1-6,9,12,19H,7-8,10H2. The van der Waals surface area contributed by atoms with Crippen LogP contribution < -0.4 is 0 Å². The second kappa shape index (κ2) is 6.78. The Balaban J connectivity index is 2.00. The first-order valence-electron chi connectivity index (χ1n) is 6.13. The zero-order chi connectivity index (χ0) is 13.7. The van der Waals surface area contributed by atoms with Gasteiger partial charge in [0.1, 0.15) is 5.82 Å². The van der Waals surface area contributed by atoms with Gasteiger partial charge in [0.15, 0.2) is 0 Å². The minimum absolute atomic E-state index is 0.0924. The van der Waals surface area contributed by atoms with Crippen molar-refractivity contribution in [3.05, 3.63) is 64.1 Å². The molecule has 0 aliphatic carbocycles. The van der Waals surface area contributed by atoms with Gasteiger partial charge in [-0.2, -0.15) is 0 Å². The van der Waals surface area contributed by atoms with E-state index in [0.29, 0.717) is 12.8 Å². The molecule has 1 aromatic heterocycles. The van der Waals surface area contributed by atoms with Gasteiger partial charge in [-0.3, -0.25) is 4.98 Å². The Kier molecular flexibility index (Phi) is 5.05. The first-order valence-corrected chi connectivity index (χ1v) is 6.92. The number of hydrogen-bond donors (Lipinski definition) is 1. The zero-order valence-electron chi connectivity index (χ0n) is 10.4. The fourth-order valence-electron chi connectivity index (χ4n) is 1.98. The Hall–Kier alpha value is -1.26. The van der Waals surface area contributed by atoms with E-state index < -0.39 is 0 Å². The predicted molar refractivity (Wildman–Crippen MR) is 76.3 cm³/mol. The Morgan fingerprint density at radius 2 is 1.84 bits per heavy atom. The van der Waals surface area contributed by atoms with Crippen LogP contribution in [0.3, 0.4) is 0 Å². The van der Waals surface area contributed by atoms with Gasteiger partial charge in [0.25, 0.3) is 0 Å². The minimum atomic E-state index is -0.237. The molecule has 1 unspecified atom stereocenters. The fourth-order valence-corrected chi connectivity index (χ4v) is 2.21. The molecule has 0 saturated heterocycles. The largest absolute Gasteiger partial charge is 0.396 e. The number of aliphatic hydroxyl groups excluding tert-OH is 1. The van der Waals surface area contributed by atoms with Crippen LogP contribution in [-0.2, 0) is 12.8 Å². The van der Waals surface area contributed by atoms with Crippen LogP contribution in [0.15, 0.2) is 47.1 Å². The van der Waals surface area contributed by atoms with Crippen LogP contribution in [0, 0.1) is 11.7 Å². The Morgan fingerprint density at radius 1 is 1.11 bits per heavy atom. The highest BCUT2D eigenvalue weighted by Gasteiger charge is 2.10. The maximum atomic E-state index is 12.8. The first kappa shape index (κ1) is 14.2. The van der Waals surface area contributed by atoms with Crippen molar-refractivity contribution in [2.45, 2.75) is 12.8 Å². The number of benzene rings is 1. The Morgan fingerprint density at radius 3 is 2.42 bits per heavy atom. The molecule has 0 aliphatic heterocycles. The van der Waals surface area contributed by atoms with Gasteiger partial charge in [0, 0.05) is 23.0 Å². The molecule has 2 nitrogen and oxygen atoms in total. The maximum absolute atomic E-state index is 12.8. The van der Waals surface area contributed by atoms with Crippen molar-refractivity contribution in [1.29, 1.82) is 0 Å². The lowest BCUT2D eigenvalue weighted by atomic mass is 9.95. The average Bonchev–Trinajstić information content (AvgIpc) is 2.43. The lowest BCUT2D eigenvalue weighted by molar-refractivity contribution is 0.224. The smallest absolute Gasteiger partial charge is 0.123 e. The van der Waals surface area contributed by atoms with Crippen LogP contribution in [0.25, 0.3) is 0 Å². The van der Waals surface area contributed by atoms with Crippen LogP contribution in [0.5, 0.6) is 0 Å². The lowest BCUT2D eigenvalue weighted by Gasteiger charge is -2.13. The van der Waals surface area contributed by atoms with E-state index in [4.69, 9.17) is 0 Å². The molecule has 0 aliphatic rings. The average molecular weight is 324 g/mol. The summed E-state index contributed by atoms with van der Waals surface area (Å²) in [6.45, 7) is 0.0924. The molecule has 1 atom stereocenters. The Bertz CT molecular complexity index is 465. The maximum Gasteiger partial charge on any atom is 0.123 e. The third-order valence-corrected chi connectivity index (χ3v) is 3.45. The molecule has 4 heteroatoms. The molecule has 1 N–H and O–H groups in total. The van der Waals surface area contributed by atoms with Crippen LogP contribution in [0.1, 0.15) is 11.3 Å². The molecule has 2 rings (SSSR count). The summed E-state index contributed by atoms with van der Waals surface area (Å²) in [6, 6.07) is 10.3. The molecule has 19 heavy (non-hydrogen) atoms. The number of aromatic nitrogens is 1. The summed E-state index contributed by atoms with van der Waals surface area (Å²) < 4.78 is 13.8. The van der Waals surface area contributed by atoms with Crippen LogP contribution in [0.2, 0.25) is 0 Å². The van der Waals surface area contributed by atoms with E-state index in [1.807, 2.05) is 12.1 Å². The highest BCUT2D eigenvalue weighted by atomic mass is 79.9. The topological polar surface area (TPSA) is 33.1 Å². The van der Waals surface area contributed by atoms with Gasteiger partial charge < -0.3 is 5.11 Å². The van der Waals surface area contributed by atoms with Gasteiger partial charge in [0.2, 0.25) is 0 Å². The SMILES string of the molecule is OCC(Cc1ccc(F)cc1)Cc1ccc(Br)cn1. The summed E-state index contributed by atoms with van der Waals surface area (Å²) in [5.74, 6) is -0.141. The number of rotatable bonds is 5. The Labute approximate surface area is 120 Å². The molecule has 100 valence electrons. The van der Waals surface area contributed by atoms with Gasteiger partial charge in [0.05, 0.1) is 0 Å². The second-order valence-corrected chi connectivity index (χ2v) is 5.47. The van der Waals surface area contributed by atoms with Gasteiger partial charge >= 0.3 is 0 Å². The normalized spacial score (nSPS) is 12.4. The minimum Gasteiger partial charge on any atom is -0.396 e. The van der Waals surface area contributed by atoms with Gasteiger partial charge in [-0.1, -0.05) is 12.1 Å². The van der Waals surface area contributed by atoms with Crippen molar-refractivity contribution < 1.29 is 9.50 Å². The third kappa shape index (κ3) is 4.40. The third-order valence-electron chi connectivity index (χ3n) is 2.98. The number of halogens is 2. The molecular formula is C15H15BrFNO. The summed E-state index contributed by atoms with van der Waals surface area (Å²) in [5, 5.41) is 9.45. The number of hydrogen-bond acceptors (Lipinski definition) is 2. The molecular weight excluding hydrogens is 309 g/mol. The van der Waals surface area contributed by atoms with E-state index in [9.17, 15) is 9.50 Å². The van der Waals surface area contributed by atoms with Crippen LogP contribution in [-0.4, -0.2) is 16.7 Å².